The lowest BCUT2D eigenvalue weighted by Gasteiger charge is -1.93. The summed E-state index contributed by atoms with van der Waals surface area (Å²) < 4.78 is 0. The van der Waals surface area contributed by atoms with Gasteiger partial charge in [0, 0.05) is 18.3 Å². The summed E-state index contributed by atoms with van der Waals surface area (Å²) in [7, 11) is 0. The van der Waals surface area contributed by atoms with Crippen LogP contribution < -0.4 is 11.5 Å². The Morgan fingerprint density at radius 2 is 1.33 bits per heavy atom. The summed E-state index contributed by atoms with van der Waals surface area (Å²) in [5, 5.41) is 7.32. The van der Waals surface area contributed by atoms with Gasteiger partial charge in [-0.2, -0.15) is 5.26 Å². The molecule has 0 heterocycles. The Kier molecular flexibility index (Phi) is 8.40. The number of nitrogen functional groups attached to an aromatic ring is 2. The highest BCUT2D eigenvalue weighted by Gasteiger charge is 1.84. The van der Waals surface area contributed by atoms with Crippen LogP contribution in [0.5, 0.6) is 0 Å². The fourth-order valence-electron chi connectivity index (χ4n) is 1.04. The second-order valence-corrected chi connectivity index (χ2v) is 3.49. The summed E-state index contributed by atoms with van der Waals surface area (Å²) in [4.78, 5) is 0. The summed E-state index contributed by atoms with van der Waals surface area (Å²) >= 11 is 0. The van der Waals surface area contributed by atoms with Crippen molar-refractivity contribution in [2.24, 2.45) is 0 Å². The first-order chi connectivity index (χ1) is 8.61. The Bertz CT molecular complexity index is 452. The highest BCUT2D eigenvalue weighted by Crippen LogP contribution is 2.06. The molecule has 3 nitrogen and oxygen atoms in total. The smallest absolute Gasteiger partial charge is 0.0587 e. The topological polar surface area (TPSA) is 75.8 Å². The minimum Gasteiger partial charge on any atom is -0.399 e. The first-order valence-corrected chi connectivity index (χ1v) is 5.54. The molecule has 3 heteroatoms. The van der Waals surface area contributed by atoms with Gasteiger partial charge in [-0.3, -0.25) is 0 Å². The van der Waals surface area contributed by atoms with Crippen LogP contribution in [0.25, 0.3) is 0 Å². The summed E-state index contributed by atoms with van der Waals surface area (Å²) in [6, 6.07) is 19.0. The molecule has 2 aromatic rings. The molecule has 0 spiro atoms. The number of rotatable bonds is 0. The van der Waals surface area contributed by atoms with Crippen molar-refractivity contribution in [2.75, 3.05) is 11.5 Å². The van der Waals surface area contributed by atoms with E-state index < -0.39 is 0 Å². The van der Waals surface area contributed by atoms with Gasteiger partial charge < -0.3 is 11.5 Å². The van der Waals surface area contributed by atoms with E-state index in [1.54, 1.807) is 6.07 Å². The first kappa shape index (κ1) is 15.5. The molecule has 2 aromatic carbocycles. The number of hydrogen-bond donors (Lipinski definition) is 2. The van der Waals surface area contributed by atoms with Crippen LogP contribution in [-0.4, -0.2) is 0 Å². The Morgan fingerprint density at radius 3 is 1.61 bits per heavy atom. The molecule has 0 saturated heterocycles. The molecule has 0 aliphatic rings. The summed E-state index contributed by atoms with van der Waals surface area (Å²) in [6.07, 6.45) is 0. The molecule has 0 saturated carbocycles. The van der Waals surface area contributed by atoms with E-state index in [4.69, 9.17) is 16.7 Å². The number of anilines is 2. The fraction of sp³-hybridized carbons (Fsp3) is 0.133. The standard InChI is InChI=1S/C7H9N.C6H7N.C2H3N/c1-6-4-2-3-5-7(6)8;7-6-4-2-1-3-5-6;1-2-3/h2-5H,8H2,1H3;1-5H,7H2;1H3. The number of hydrogen-bond acceptors (Lipinski definition) is 3. The van der Waals surface area contributed by atoms with Gasteiger partial charge in [-0.1, -0.05) is 36.4 Å². The molecule has 0 bridgehead atoms. The fourth-order valence-corrected chi connectivity index (χ4v) is 1.04. The van der Waals surface area contributed by atoms with Crippen molar-refractivity contribution in [1.29, 1.82) is 5.26 Å². The molecule has 0 atom stereocenters. The lowest BCUT2D eigenvalue weighted by Crippen LogP contribution is -1.85. The molecule has 94 valence electrons. The number of nitrogens with zero attached hydrogens (tertiary/aromatic N) is 1. The van der Waals surface area contributed by atoms with Crippen LogP contribution >= 0.6 is 0 Å². The van der Waals surface area contributed by atoms with E-state index in [1.807, 2.05) is 61.5 Å². The summed E-state index contributed by atoms with van der Waals surface area (Å²) in [6.45, 7) is 3.43. The lowest BCUT2D eigenvalue weighted by molar-refractivity contribution is 1.47. The second kappa shape index (κ2) is 9.73. The molecular formula is C15H19N3. The molecule has 0 aliphatic heterocycles. The molecule has 0 radical (unpaired) electrons. The minimum atomic E-state index is 0.822. The van der Waals surface area contributed by atoms with Crippen molar-refractivity contribution in [1.82, 2.24) is 0 Å². The summed E-state index contributed by atoms with van der Waals surface area (Å²) in [5.41, 5.74) is 13.7. The SMILES string of the molecule is CC#N.Cc1ccccc1N.Nc1ccccc1. The van der Waals surface area contributed by atoms with Crippen LogP contribution in [0, 0.1) is 18.3 Å². The third kappa shape index (κ3) is 7.77. The van der Waals surface area contributed by atoms with E-state index in [0.29, 0.717) is 0 Å². The average Bonchev–Trinajstić information content (AvgIpc) is 2.36. The van der Waals surface area contributed by atoms with Gasteiger partial charge in [-0.15, -0.1) is 0 Å². The van der Waals surface area contributed by atoms with Gasteiger partial charge in [-0.25, -0.2) is 0 Å². The second-order valence-electron chi connectivity index (χ2n) is 3.49. The molecule has 0 fully saturated rings. The van der Waals surface area contributed by atoms with Crippen molar-refractivity contribution in [2.45, 2.75) is 13.8 Å². The third-order valence-electron chi connectivity index (χ3n) is 1.99. The van der Waals surface area contributed by atoms with E-state index in [-0.39, 0.29) is 0 Å². The summed E-state index contributed by atoms with van der Waals surface area (Å²) in [5.74, 6) is 0. The van der Waals surface area contributed by atoms with Crippen LogP contribution in [0.1, 0.15) is 12.5 Å². The number of benzene rings is 2. The Balaban J connectivity index is 0.000000267. The highest BCUT2D eigenvalue weighted by molar-refractivity contribution is 5.44. The Hall–Kier alpha value is -2.47. The van der Waals surface area contributed by atoms with Crippen molar-refractivity contribution in [3.8, 4) is 6.07 Å². The van der Waals surface area contributed by atoms with Crippen molar-refractivity contribution in [3.05, 3.63) is 60.2 Å². The maximum Gasteiger partial charge on any atom is 0.0587 e. The normalized spacial score (nSPS) is 7.83. The van der Waals surface area contributed by atoms with Gasteiger partial charge >= 0.3 is 0 Å². The molecule has 0 unspecified atom stereocenters. The molecule has 0 amide bonds. The number of nitrogens with two attached hydrogens (primary N) is 2. The van der Waals surface area contributed by atoms with Gasteiger partial charge in [-0.05, 0) is 30.7 Å². The number of para-hydroxylation sites is 2. The third-order valence-corrected chi connectivity index (χ3v) is 1.99. The van der Waals surface area contributed by atoms with Gasteiger partial charge in [0.15, 0.2) is 0 Å². The zero-order chi connectivity index (χ0) is 13.8. The van der Waals surface area contributed by atoms with E-state index in [0.717, 1.165) is 16.9 Å². The van der Waals surface area contributed by atoms with Crippen LogP contribution in [0.4, 0.5) is 11.4 Å². The minimum absolute atomic E-state index is 0.822. The first-order valence-electron chi connectivity index (χ1n) is 5.54. The zero-order valence-electron chi connectivity index (χ0n) is 10.8. The maximum atomic E-state index is 7.32. The molecule has 2 rings (SSSR count). The van der Waals surface area contributed by atoms with E-state index in [1.165, 1.54) is 6.92 Å². The van der Waals surface area contributed by atoms with Gasteiger partial charge in [0.25, 0.3) is 0 Å². The van der Waals surface area contributed by atoms with E-state index >= 15 is 0 Å². The predicted octanol–water partition coefficient (Wildman–Crippen LogP) is 3.38. The molecule has 18 heavy (non-hydrogen) atoms. The zero-order valence-corrected chi connectivity index (χ0v) is 10.8. The number of nitriles is 1. The highest BCUT2D eigenvalue weighted by atomic mass is 14.5. The number of aryl methyl sites for hydroxylation is 1. The van der Waals surface area contributed by atoms with Crippen LogP contribution in [0.3, 0.4) is 0 Å². The quantitative estimate of drug-likeness (QED) is 0.694. The maximum absolute atomic E-state index is 7.32. The Labute approximate surface area is 109 Å². The largest absolute Gasteiger partial charge is 0.399 e. The van der Waals surface area contributed by atoms with Crippen LogP contribution in [0.2, 0.25) is 0 Å². The molecule has 0 aliphatic carbocycles. The van der Waals surface area contributed by atoms with Crippen LogP contribution in [-0.2, 0) is 0 Å². The van der Waals surface area contributed by atoms with E-state index in [9.17, 15) is 0 Å². The van der Waals surface area contributed by atoms with E-state index in [2.05, 4.69) is 0 Å². The van der Waals surface area contributed by atoms with Crippen molar-refractivity contribution in [3.63, 3.8) is 0 Å². The van der Waals surface area contributed by atoms with Crippen molar-refractivity contribution < 1.29 is 0 Å². The van der Waals surface area contributed by atoms with Gasteiger partial charge in [0.1, 0.15) is 0 Å². The lowest BCUT2D eigenvalue weighted by atomic mass is 10.2. The molecule has 4 N–H and O–H groups in total. The predicted molar refractivity (Wildman–Crippen MR) is 77.7 cm³/mol. The van der Waals surface area contributed by atoms with Gasteiger partial charge in [0.05, 0.1) is 6.07 Å². The average molecular weight is 241 g/mol. The molecular weight excluding hydrogens is 222 g/mol. The van der Waals surface area contributed by atoms with Crippen LogP contribution in [0.15, 0.2) is 54.6 Å². The Morgan fingerprint density at radius 1 is 0.889 bits per heavy atom. The van der Waals surface area contributed by atoms with Gasteiger partial charge in [0.2, 0.25) is 0 Å². The van der Waals surface area contributed by atoms with Crippen molar-refractivity contribution >= 4 is 11.4 Å². The molecule has 0 aromatic heterocycles. The monoisotopic (exact) mass is 241 g/mol.